The Bertz CT molecular complexity index is 493. The van der Waals surface area contributed by atoms with Crippen molar-refractivity contribution in [1.29, 1.82) is 0 Å². The summed E-state index contributed by atoms with van der Waals surface area (Å²) in [6.45, 7) is 1.52. The standard InChI is InChI=1S/C14H19N3O/c1-17-13(8-10-16-17)7-9-15-14-6-4-3-5-12(14)11-18-2/h3-6,8,10,15H,7,9,11H2,1-2H3. The molecule has 0 spiro atoms. The van der Waals surface area contributed by atoms with Crippen LogP contribution in [0.15, 0.2) is 36.5 Å². The van der Waals surface area contributed by atoms with E-state index >= 15 is 0 Å². The molecule has 1 N–H and O–H groups in total. The number of benzene rings is 1. The Balaban J connectivity index is 1.92. The summed E-state index contributed by atoms with van der Waals surface area (Å²) in [6.07, 6.45) is 2.78. The normalized spacial score (nSPS) is 10.6. The molecule has 2 aromatic rings. The van der Waals surface area contributed by atoms with Gasteiger partial charge in [-0.15, -0.1) is 0 Å². The van der Waals surface area contributed by atoms with E-state index in [2.05, 4.69) is 22.5 Å². The predicted molar refractivity (Wildman–Crippen MR) is 72.6 cm³/mol. The molecule has 1 aromatic heterocycles. The lowest BCUT2D eigenvalue weighted by Crippen LogP contribution is -2.09. The fourth-order valence-electron chi connectivity index (χ4n) is 1.95. The molecule has 0 aliphatic carbocycles. The van der Waals surface area contributed by atoms with Gasteiger partial charge in [-0.3, -0.25) is 4.68 Å². The molecule has 18 heavy (non-hydrogen) atoms. The van der Waals surface area contributed by atoms with Crippen molar-refractivity contribution >= 4 is 5.69 Å². The van der Waals surface area contributed by atoms with Gasteiger partial charge in [-0.05, 0) is 12.1 Å². The molecule has 1 aromatic carbocycles. The summed E-state index contributed by atoms with van der Waals surface area (Å²) in [5, 5.41) is 7.60. The molecule has 0 radical (unpaired) electrons. The van der Waals surface area contributed by atoms with Crippen molar-refractivity contribution < 1.29 is 4.74 Å². The van der Waals surface area contributed by atoms with Gasteiger partial charge in [-0.2, -0.15) is 5.10 Å². The molecule has 0 unspecified atom stereocenters. The Morgan fingerprint density at radius 2 is 2.11 bits per heavy atom. The van der Waals surface area contributed by atoms with E-state index in [1.807, 2.05) is 36.1 Å². The van der Waals surface area contributed by atoms with Gasteiger partial charge in [0.25, 0.3) is 0 Å². The number of methoxy groups -OCH3 is 1. The van der Waals surface area contributed by atoms with Crippen LogP contribution in [0.2, 0.25) is 0 Å². The molecule has 4 heteroatoms. The summed E-state index contributed by atoms with van der Waals surface area (Å²) in [5.74, 6) is 0. The maximum absolute atomic E-state index is 5.19. The summed E-state index contributed by atoms with van der Waals surface area (Å²) in [5.41, 5.74) is 3.55. The van der Waals surface area contributed by atoms with Gasteiger partial charge < -0.3 is 10.1 Å². The van der Waals surface area contributed by atoms with Gasteiger partial charge in [0.2, 0.25) is 0 Å². The van der Waals surface area contributed by atoms with Crippen molar-refractivity contribution in [1.82, 2.24) is 9.78 Å². The molecule has 1 heterocycles. The zero-order chi connectivity index (χ0) is 12.8. The van der Waals surface area contributed by atoms with Crippen molar-refractivity contribution in [3.8, 4) is 0 Å². The number of hydrogen-bond acceptors (Lipinski definition) is 3. The molecular formula is C14H19N3O. The molecule has 0 saturated heterocycles. The molecule has 2 rings (SSSR count). The minimum atomic E-state index is 0.634. The molecular weight excluding hydrogens is 226 g/mol. The maximum atomic E-state index is 5.19. The third-order valence-electron chi connectivity index (χ3n) is 2.94. The Morgan fingerprint density at radius 1 is 1.28 bits per heavy atom. The number of nitrogens with one attached hydrogen (secondary N) is 1. The second-order valence-electron chi connectivity index (χ2n) is 4.21. The van der Waals surface area contributed by atoms with E-state index < -0.39 is 0 Å². The lowest BCUT2D eigenvalue weighted by atomic mass is 10.2. The van der Waals surface area contributed by atoms with Gasteiger partial charge in [0.1, 0.15) is 0 Å². The summed E-state index contributed by atoms with van der Waals surface area (Å²) in [4.78, 5) is 0. The molecule has 0 aliphatic heterocycles. The number of rotatable bonds is 6. The quantitative estimate of drug-likeness (QED) is 0.848. The van der Waals surface area contributed by atoms with Gasteiger partial charge in [-0.1, -0.05) is 18.2 Å². The fourth-order valence-corrected chi connectivity index (χ4v) is 1.95. The van der Waals surface area contributed by atoms with Crippen molar-refractivity contribution in [2.24, 2.45) is 7.05 Å². The van der Waals surface area contributed by atoms with Gasteiger partial charge in [-0.25, -0.2) is 0 Å². The molecule has 0 amide bonds. The average molecular weight is 245 g/mol. The molecule has 0 bridgehead atoms. The second kappa shape index (κ2) is 6.21. The zero-order valence-corrected chi connectivity index (χ0v) is 10.9. The average Bonchev–Trinajstić information content (AvgIpc) is 2.78. The van der Waals surface area contributed by atoms with Crippen LogP contribution in [0.4, 0.5) is 5.69 Å². The molecule has 4 nitrogen and oxygen atoms in total. The first-order valence-corrected chi connectivity index (χ1v) is 6.09. The van der Waals surface area contributed by atoms with Crippen LogP contribution >= 0.6 is 0 Å². The highest BCUT2D eigenvalue weighted by atomic mass is 16.5. The van der Waals surface area contributed by atoms with Gasteiger partial charge in [0.05, 0.1) is 6.61 Å². The SMILES string of the molecule is COCc1ccccc1NCCc1ccnn1C. The summed E-state index contributed by atoms with van der Waals surface area (Å²) >= 11 is 0. The second-order valence-corrected chi connectivity index (χ2v) is 4.21. The number of para-hydroxylation sites is 1. The molecule has 96 valence electrons. The van der Waals surface area contributed by atoms with Crippen LogP contribution in [-0.2, 0) is 24.8 Å². The third-order valence-corrected chi connectivity index (χ3v) is 2.94. The Kier molecular flexibility index (Phi) is 4.36. The molecule has 0 saturated carbocycles. The summed E-state index contributed by atoms with van der Waals surface area (Å²) < 4.78 is 7.09. The van der Waals surface area contributed by atoms with Crippen LogP contribution in [0.25, 0.3) is 0 Å². The minimum absolute atomic E-state index is 0.634. The number of ether oxygens (including phenoxy) is 1. The first-order valence-electron chi connectivity index (χ1n) is 6.09. The largest absolute Gasteiger partial charge is 0.384 e. The van der Waals surface area contributed by atoms with Crippen LogP contribution < -0.4 is 5.32 Å². The number of aromatic nitrogens is 2. The highest BCUT2D eigenvalue weighted by Gasteiger charge is 2.02. The van der Waals surface area contributed by atoms with Crippen LogP contribution in [0.5, 0.6) is 0 Å². The van der Waals surface area contributed by atoms with Gasteiger partial charge in [0.15, 0.2) is 0 Å². The number of aryl methyl sites for hydroxylation is 1. The van der Waals surface area contributed by atoms with Crippen molar-refractivity contribution in [2.75, 3.05) is 19.0 Å². The number of anilines is 1. The lowest BCUT2D eigenvalue weighted by molar-refractivity contribution is 0.185. The van der Waals surface area contributed by atoms with Crippen molar-refractivity contribution in [3.05, 3.63) is 47.8 Å². The van der Waals surface area contributed by atoms with E-state index in [1.165, 1.54) is 11.3 Å². The van der Waals surface area contributed by atoms with E-state index in [1.54, 1.807) is 7.11 Å². The summed E-state index contributed by atoms with van der Waals surface area (Å²) in [7, 11) is 3.68. The topological polar surface area (TPSA) is 39.1 Å². The summed E-state index contributed by atoms with van der Waals surface area (Å²) in [6, 6.07) is 10.3. The van der Waals surface area contributed by atoms with Crippen LogP contribution in [0.3, 0.4) is 0 Å². The zero-order valence-electron chi connectivity index (χ0n) is 10.9. The van der Waals surface area contributed by atoms with Gasteiger partial charge >= 0.3 is 0 Å². The van der Waals surface area contributed by atoms with Gasteiger partial charge in [0, 0.05) is 50.3 Å². The van der Waals surface area contributed by atoms with E-state index in [0.29, 0.717) is 6.61 Å². The Hall–Kier alpha value is -1.81. The molecule has 0 aliphatic rings. The number of hydrogen-bond donors (Lipinski definition) is 1. The maximum Gasteiger partial charge on any atom is 0.0733 e. The van der Waals surface area contributed by atoms with E-state index in [0.717, 1.165) is 18.7 Å². The Morgan fingerprint density at radius 3 is 2.83 bits per heavy atom. The smallest absolute Gasteiger partial charge is 0.0733 e. The monoisotopic (exact) mass is 245 g/mol. The van der Waals surface area contributed by atoms with E-state index in [-0.39, 0.29) is 0 Å². The minimum Gasteiger partial charge on any atom is -0.384 e. The lowest BCUT2D eigenvalue weighted by Gasteiger charge is -2.11. The highest BCUT2D eigenvalue weighted by Crippen LogP contribution is 2.15. The fraction of sp³-hybridized carbons (Fsp3) is 0.357. The van der Waals surface area contributed by atoms with Crippen LogP contribution in [0, 0.1) is 0 Å². The van der Waals surface area contributed by atoms with E-state index in [9.17, 15) is 0 Å². The Labute approximate surface area is 108 Å². The van der Waals surface area contributed by atoms with E-state index in [4.69, 9.17) is 4.74 Å². The molecule has 0 fully saturated rings. The highest BCUT2D eigenvalue weighted by molar-refractivity contribution is 5.50. The van der Waals surface area contributed by atoms with Crippen molar-refractivity contribution in [2.45, 2.75) is 13.0 Å². The molecule has 0 atom stereocenters. The third kappa shape index (κ3) is 3.11. The predicted octanol–water partition coefficient (Wildman–Crippen LogP) is 2.22. The first-order chi connectivity index (χ1) is 8.81. The first kappa shape index (κ1) is 12.6. The number of nitrogens with zero attached hydrogens (tertiary/aromatic N) is 2. The van der Waals surface area contributed by atoms with Crippen LogP contribution in [-0.4, -0.2) is 23.4 Å². The van der Waals surface area contributed by atoms with Crippen molar-refractivity contribution in [3.63, 3.8) is 0 Å². The van der Waals surface area contributed by atoms with Crippen LogP contribution in [0.1, 0.15) is 11.3 Å².